The topological polar surface area (TPSA) is 53.9 Å². The van der Waals surface area contributed by atoms with Crippen LogP contribution in [-0.4, -0.2) is 10.2 Å². The van der Waals surface area contributed by atoms with E-state index in [0.29, 0.717) is 6.54 Å². The maximum Gasteiger partial charge on any atom is 0.169 e. The van der Waals surface area contributed by atoms with Crippen LogP contribution in [0, 0.1) is 0 Å². The van der Waals surface area contributed by atoms with Crippen molar-refractivity contribution in [3.05, 3.63) is 40.5 Å². The number of furan rings is 1. The fourth-order valence-corrected chi connectivity index (χ4v) is 1.66. The lowest BCUT2D eigenvalue weighted by atomic mass is 10.2. The summed E-state index contributed by atoms with van der Waals surface area (Å²) in [6, 6.07) is 4.09. The van der Waals surface area contributed by atoms with Gasteiger partial charge in [-0.2, -0.15) is 5.10 Å². The molecule has 4 nitrogen and oxygen atoms in total. The molecule has 0 bridgehead atoms. The number of H-pyrrole nitrogens is 1. The van der Waals surface area contributed by atoms with Gasteiger partial charge in [0, 0.05) is 17.8 Å². The molecular weight excluding hydrogens is 258 g/mol. The molecule has 0 aromatic carbocycles. The molecule has 1 atom stereocenters. The molecule has 0 aliphatic heterocycles. The predicted octanol–water partition coefficient (Wildman–Crippen LogP) is 2.62. The molecule has 0 fully saturated rings. The lowest BCUT2D eigenvalue weighted by molar-refractivity contribution is 0.447. The second kappa shape index (κ2) is 4.63. The Morgan fingerprint density at radius 3 is 3.07 bits per heavy atom. The first-order chi connectivity index (χ1) is 7.25. The Hall–Kier alpha value is -1.07. The molecular formula is C10H12BrN3O. The minimum atomic E-state index is 0.257. The molecule has 2 heterocycles. The van der Waals surface area contributed by atoms with Gasteiger partial charge >= 0.3 is 0 Å². The number of nitrogens with zero attached hydrogens (tertiary/aromatic N) is 1. The molecule has 2 N–H and O–H groups in total. The standard InChI is InChI=1S/C10H12BrN3O/c1-7(8-4-13-14-5-8)12-6-9-2-3-10(11)15-9/h2-5,7,12H,6H2,1H3,(H,13,14). The highest BCUT2D eigenvalue weighted by atomic mass is 79.9. The lowest BCUT2D eigenvalue weighted by Gasteiger charge is -2.09. The number of hydrogen-bond acceptors (Lipinski definition) is 3. The molecule has 0 aliphatic carbocycles. The smallest absolute Gasteiger partial charge is 0.169 e. The summed E-state index contributed by atoms with van der Waals surface area (Å²) in [5.74, 6) is 0.914. The van der Waals surface area contributed by atoms with Crippen molar-refractivity contribution < 1.29 is 4.42 Å². The van der Waals surface area contributed by atoms with Crippen molar-refractivity contribution in [2.24, 2.45) is 0 Å². The highest BCUT2D eigenvalue weighted by molar-refractivity contribution is 9.10. The SMILES string of the molecule is CC(NCc1ccc(Br)o1)c1cn[nH]c1. The normalized spacial score (nSPS) is 12.9. The van der Waals surface area contributed by atoms with Gasteiger partial charge in [-0.3, -0.25) is 5.10 Å². The fraction of sp³-hybridized carbons (Fsp3) is 0.300. The maximum absolute atomic E-state index is 5.38. The van der Waals surface area contributed by atoms with Gasteiger partial charge in [-0.1, -0.05) is 0 Å². The van der Waals surface area contributed by atoms with E-state index < -0.39 is 0 Å². The van der Waals surface area contributed by atoms with E-state index in [4.69, 9.17) is 4.42 Å². The lowest BCUT2D eigenvalue weighted by Crippen LogP contribution is -2.17. The Morgan fingerprint density at radius 1 is 1.60 bits per heavy atom. The van der Waals surface area contributed by atoms with E-state index in [1.54, 1.807) is 0 Å². The average Bonchev–Trinajstić information content (AvgIpc) is 2.84. The molecule has 2 aromatic heterocycles. The summed E-state index contributed by atoms with van der Waals surface area (Å²) in [7, 11) is 0. The number of aromatic amines is 1. The van der Waals surface area contributed by atoms with Crippen LogP contribution < -0.4 is 5.32 Å². The highest BCUT2D eigenvalue weighted by Gasteiger charge is 2.06. The summed E-state index contributed by atoms with van der Waals surface area (Å²) < 4.78 is 6.14. The molecule has 5 heteroatoms. The highest BCUT2D eigenvalue weighted by Crippen LogP contribution is 2.15. The van der Waals surface area contributed by atoms with Crippen molar-refractivity contribution in [1.29, 1.82) is 0 Å². The Labute approximate surface area is 96.2 Å². The quantitative estimate of drug-likeness (QED) is 0.897. The molecule has 2 rings (SSSR count). The van der Waals surface area contributed by atoms with Crippen LogP contribution in [0.25, 0.3) is 0 Å². The number of halogens is 1. The minimum absolute atomic E-state index is 0.257. The average molecular weight is 270 g/mol. The second-order valence-electron chi connectivity index (χ2n) is 3.34. The van der Waals surface area contributed by atoms with Crippen molar-refractivity contribution >= 4 is 15.9 Å². The van der Waals surface area contributed by atoms with Gasteiger partial charge in [-0.25, -0.2) is 0 Å². The van der Waals surface area contributed by atoms with Gasteiger partial charge in [-0.15, -0.1) is 0 Å². The fourth-order valence-electron chi connectivity index (χ4n) is 1.32. The summed E-state index contributed by atoms with van der Waals surface area (Å²) in [6.45, 7) is 2.79. The first-order valence-corrected chi connectivity index (χ1v) is 5.51. The van der Waals surface area contributed by atoms with Crippen LogP contribution in [0.1, 0.15) is 24.3 Å². The summed E-state index contributed by atoms with van der Waals surface area (Å²) in [5, 5.41) is 10.0. The largest absolute Gasteiger partial charge is 0.453 e. The molecule has 0 saturated carbocycles. The van der Waals surface area contributed by atoms with Gasteiger partial charge in [0.25, 0.3) is 0 Å². The van der Waals surface area contributed by atoms with Gasteiger partial charge in [0.2, 0.25) is 0 Å². The van der Waals surface area contributed by atoms with Gasteiger partial charge in [0.05, 0.1) is 12.7 Å². The number of nitrogens with one attached hydrogen (secondary N) is 2. The van der Waals surface area contributed by atoms with E-state index in [0.717, 1.165) is 16.0 Å². The number of hydrogen-bond donors (Lipinski definition) is 2. The second-order valence-corrected chi connectivity index (χ2v) is 4.12. The Morgan fingerprint density at radius 2 is 2.47 bits per heavy atom. The Kier molecular flexibility index (Phi) is 3.23. The van der Waals surface area contributed by atoms with Crippen LogP contribution in [0.3, 0.4) is 0 Å². The molecule has 15 heavy (non-hydrogen) atoms. The molecule has 2 aromatic rings. The van der Waals surface area contributed by atoms with Crippen molar-refractivity contribution in [2.45, 2.75) is 19.5 Å². The van der Waals surface area contributed by atoms with E-state index in [2.05, 4.69) is 38.4 Å². The zero-order valence-electron chi connectivity index (χ0n) is 8.33. The van der Waals surface area contributed by atoms with Gasteiger partial charge in [-0.05, 0) is 35.0 Å². The Balaban J connectivity index is 1.88. The van der Waals surface area contributed by atoms with E-state index in [1.807, 2.05) is 24.5 Å². The monoisotopic (exact) mass is 269 g/mol. The van der Waals surface area contributed by atoms with E-state index in [-0.39, 0.29) is 6.04 Å². The first-order valence-electron chi connectivity index (χ1n) is 4.72. The van der Waals surface area contributed by atoms with Crippen LogP contribution in [0.4, 0.5) is 0 Å². The number of rotatable bonds is 4. The number of aromatic nitrogens is 2. The Bertz CT molecular complexity index is 410. The molecule has 0 saturated heterocycles. The van der Waals surface area contributed by atoms with E-state index in [1.165, 1.54) is 0 Å². The molecule has 0 aliphatic rings. The maximum atomic E-state index is 5.38. The molecule has 0 radical (unpaired) electrons. The summed E-state index contributed by atoms with van der Waals surface area (Å²) in [5.41, 5.74) is 1.14. The third-order valence-electron chi connectivity index (χ3n) is 2.23. The molecule has 0 spiro atoms. The molecule has 1 unspecified atom stereocenters. The summed E-state index contributed by atoms with van der Waals surface area (Å²) in [6.07, 6.45) is 3.70. The zero-order chi connectivity index (χ0) is 10.7. The van der Waals surface area contributed by atoms with Crippen molar-refractivity contribution in [2.75, 3.05) is 0 Å². The van der Waals surface area contributed by atoms with Gasteiger partial charge in [0.1, 0.15) is 5.76 Å². The van der Waals surface area contributed by atoms with Crippen LogP contribution in [-0.2, 0) is 6.54 Å². The predicted molar refractivity (Wildman–Crippen MR) is 60.3 cm³/mol. The third-order valence-corrected chi connectivity index (χ3v) is 2.66. The van der Waals surface area contributed by atoms with Crippen LogP contribution in [0.5, 0.6) is 0 Å². The minimum Gasteiger partial charge on any atom is -0.453 e. The summed E-state index contributed by atoms with van der Waals surface area (Å²) >= 11 is 3.27. The van der Waals surface area contributed by atoms with Crippen LogP contribution in [0.2, 0.25) is 0 Å². The van der Waals surface area contributed by atoms with Crippen molar-refractivity contribution in [3.8, 4) is 0 Å². The van der Waals surface area contributed by atoms with Crippen LogP contribution >= 0.6 is 15.9 Å². The van der Waals surface area contributed by atoms with Crippen LogP contribution in [0.15, 0.2) is 33.6 Å². The molecule has 80 valence electrons. The van der Waals surface area contributed by atoms with E-state index >= 15 is 0 Å². The van der Waals surface area contributed by atoms with Crippen molar-refractivity contribution in [1.82, 2.24) is 15.5 Å². The molecule has 0 amide bonds. The van der Waals surface area contributed by atoms with Gasteiger partial charge in [0.15, 0.2) is 4.67 Å². The van der Waals surface area contributed by atoms with Crippen molar-refractivity contribution in [3.63, 3.8) is 0 Å². The zero-order valence-corrected chi connectivity index (χ0v) is 9.91. The summed E-state index contributed by atoms with van der Waals surface area (Å²) in [4.78, 5) is 0. The third kappa shape index (κ3) is 2.70. The van der Waals surface area contributed by atoms with E-state index in [9.17, 15) is 0 Å². The first kappa shape index (κ1) is 10.4. The van der Waals surface area contributed by atoms with Gasteiger partial charge < -0.3 is 9.73 Å².